The summed E-state index contributed by atoms with van der Waals surface area (Å²) in [7, 11) is 0. The van der Waals surface area contributed by atoms with Gasteiger partial charge >= 0.3 is 0 Å². The second-order valence-corrected chi connectivity index (χ2v) is 38.7. The zero-order chi connectivity index (χ0) is 102. The molecule has 732 valence electrons. The molecule has 0 amide bonds. The molecule has 5 aliphatic rings. The Morgan fingerprint density at radius 1 is 0.327 bits per heavy atom. The Morgan fingerprint density at radius 3 is 1.08 bits per heavy atom. The maximum Gasteiger partial charge on any atom is 0.266 e. The molecular formula is C108H95BrCl3N33O2. The van der Waals surface area contributed by atoms with Crippen molar-refractivity contribution in [2.24, 2.45) is 0 Å². The van der Waals surface area contributed by atoms with Crippen LogP contribution < -0.4 is 47.1 Å². The number of halogens is 4. The Labute approximate surface area is 868 Å². The van der Waals surface area contributed by atoms with Crippen molar-refractivity contribution in [1.82, 2.24) is 119 Å². The average molecular weight is 2070 g/mol. The molecule has 11 aromatic heterocycles. The van der Waals surface area contributed by atoms with Gasteiger partial charge in [0.25, 0.3) is 5.56 Å². The monoisotopic (exact) mass is 2070 g/mol. The van der Waals surface area contributed by atoms with Crippen molar-refractivity contribution in [2.75, 3.05) is 68.7 Å². The van der Waals surface area contributed by atoms with E-state index >= 15 is 0 Å². The fourth-order valence-corrected chi connectivity index (χ4v) is 19.8. The van der Waals surface area contributed by atoms with Crippen LogP contribution in [0.5, 0.6) is 0 Å². The third kappa shape index (κ3) is 19.5. The van der Waals surface area contributed by atoms with E-state index in [1.165, 1.54) is 18.6 Å². The Balaban J connectivity index is 0.000000112. The van der Waals surface area contributed by atoms with Crippen LogP contribution in [-0.2, 0) is 0 Å². The zero-order valence-corrected chi connectivity index (χ0v) is 85.4. The molecule has 0 aliphatic carbocycles. The summed E-state index contributed by atoms with van der Waals surface area (Å²) >= 11 is 22.0. The topological polar surface area (TPSA) is 386 Å². The molecule has 39 heteroatoms. The first-order chi connectivity index (χ1) is 71.1. The lowest BCUT2D eigenvalue weighted by atomic mass is 10.0. The third-order valence-corrected chi connectivity index (χ3v) is 27.5. The van der Waals surface area contributed by atoms with E-state index in [0.29, 0.717) is 74.6 Å². The molecule has 24 rings (SSSR count). The molecule has 35 nitrogen and oxygen atoms in total. The molecule has 8 aromatic carbocycles. The summed E-state index contributed by atoms with van der Waals surface area (Å²) in [5.41, 5.74) is 33.7. The number of benzene rings is 8. The van der Waals surface area contributed by atoms with Gasteiger partial charge in [0.15, 0.2) is 17.2 Å². The van der Waals surface area contributed by atoms with Crippen molar-refractivity contribution in [1.29, 1.82) is 0 Å². The molecule has 0 radical (unpaired) electrons. The second-order valence-electron chi connectivity index (χ2n) is 36.4. The van der Waals surface area contributed by atoms with Crippen LogP contribution in [0.25, 0.3) is 83.3 Å². The normalized spacial score (nSPS) is 15.4. The van der Waals surface area contributed by atoms with Crippen molar-refractivity contribution in [3.8, 4) is 73.6 Å². The van der Waals surface area contributed by atoms with Gasteiger partial charge in [-0.2, -0.15) is 0 Å². The van der Waals surface area contributed by atoms with Crippen molar-refractivity contribution in [2.45, 2.75) is 106 Å². The molecular weight excluding hydrogens is 1980 g/mol. The van der Waals surface area contributed by atoms with E-state index in [4.69, 9.17) is 64.4 Å². The number of nitrogen functional groups attached to an aromatic ring is 2. The van der Waals surface area contributed by atoms with Gasteiger partial charge in [-0.25, -0.2) is 39.6 Å². The van der Waals surface area contributed by atoms with Crippen molar-refractivity contribution < 1.29 is 0 Å². The van der Waals surface area contributed by atoms with Crippen molar-refractivity contribution in [3.63, 3.8) is 0 Å². The lowest BCUT2D eigenvalue weighted by Crippen LogP contribution is -2.23. The highest BCUT2D eigenvalue weighted by Crippen LogP contribution is 2.48. The number of nitrogens with zero attached hydrogens (tertiary/aromatic N) is 29. The van der Waals surface area contributed by atoms with Crippen LogP contribution in [0.2, 0.25) is 15.1 Å². The van der Waals surface area contributed by atoms with Crippen LogP contribution in [0.4, 0.5) is 80.0 Å². The largest absolute Gasteiger partial charge is 0.382 e. The number of fused-ring (bicyclic) bond motifs is 15. The summed E-state index contributed by atoms with van der Waals surface area (Å²) in [6, 6.07) is 65.2. The molecule has 0 bridgehead atoms. The maximum atomic E-state index is 11.7. The van der Waals surface area contributed by atoms with E-state index in [9.17, 15) is 9.59 Å². The summed E-state index contributed by atoms with van der Waals surface area (Å²) in [4.78, 5) is 77.8. The summed E-state index contributed by atoms with van der Waals surface area (Å²) in [6.07, 6.45) is 12.8. The van der Waals surface area contributed by atoms with Gasteiger partial charge in [0.1, 0.15) is 81.3 Å². The molecule has 147 heavy (non-hydrogen) atoms. The number of hydrogen-bond donors (Lipinski definition) is 4. The third-order valence-electron chi connectivity index (χ3n) is 26.2. The second kappa shape index (κ2) is 40.8. The number of anilines is 12. The van der Waals surface area contributed by atoms with Gasteiger partial charge in [-0.1, -0.05) is 122 Å². The van der Waals surface area contributed by atoms with E-state index in [1.807, 2.05) is 181 Å². The maximum absolute atomic E-state index is 11.7. The predicted molar refractivity (Wildman–Crippen MR) is 576 cm³/mol. The minimum atomic E-state index is -0.227. The van der Waals surface area contributed by atoms with Gasteiger partial charge in [0.05, 0.1) is 119 Å². The van der Waals surface area contributed by atoms with Crippen LogP contribution in [0.3, 0.4) is 0 Å². The van der Waals surface area contributed by atoms with Crippen LogP contribution >= 0.6 is 50.7 Å². The minimum Gasteiger partial charge on any atom is -0.382 e. The first-order valence-corrected chi connectivity index (χ1v) is 49.2. The number of nitrogens with two attached hydrogens (primary N) is 2. The van der Waals surface area contributed by atoms with E-state index in [0.717, 1.165) is 195 Å². The molecule has 0 spiro atoms. The molecule has 0 fully saturated rings. The SMILES string of the molecule is Cc1cc(=O)[nH]cc1-c1ccc2c(c1)N(c1ccc(Cl)cc1)C[C@@H](C)c1nnc(C)n1-2.Cc1nnc2n1-c1ccc(-c3c[nH]c(=O)cn3)cc1N(c1ccc(Cl)cc1)C[C@H]2C.Cc1nnc2n1-c1ccc(Br)cc1N(c1ccc(Cl)cc1)CC2C.[C-]#[N+]c1ccc(N2C[C@@H](C)c3nnc(C)n3-c3ccc(-c4cnc(N)cn4)nc32)cc1.[C-]#[N+]c1ccc(N2C[C@@H](C)c3nnc(C)n3-c3cnc(-c4cnc(N)cn4)cc32)cc1. The van der Waals surface area contributed by atoms with Gasteiger partial charge < -0.3 is 45.9 Å². The average Bonchev–Trinajstić information content (AvgIpc) is 1.63. The number of aromatic nitrogens is 24. The summed E-state index contributed by atoms with van der Waals surface area (Å²) in [5, 5.41) is 45.8. The number of aromatic amines is 2. The molecule has 0 saturated heterocycles. The number of hydrogen-bond acceptors (Lipinski definition) is 26. The Hall–Kier alpha value is -17.3. The van der Waals surface area contributed by atoms with E-state index < -0.39 is 0 Å². The fraction of sp³-hybridized carbons (Fsp3) is 0.194. The van der Waals surface area contributed by atoms with Gasteiger partial charge in [0, 0.05) is 140 Å². The number of H-pyrrole nitrogens is 2. The molecule has 5 atom stereocenters. The van der Waals surface area contributed by atoms with Gasteiger partial charge in [-0.05, 0) is 210 Å². The Kier molecular flexibility index (Phi) is 27.0. The Morgan fingerprint density at radius 2 is 0.673 bits per heavy atom. The fourth-order valence-electron chi connectivity index (χ4n) is 19.1. The molecule has 16 heterocycles. The van der Waals surface area contributed by atoms with E-state index in [2.05, 4.69) is 259 Å². The lowest BCUT2D eigenvalue weighted by Gasteiger charge is -2.27. The van der Waals surface area contributed by atoms with Gasteiger partial charge in [-0.15, -0.1) is 51.0 Å². The van der Waals surface area contributed by atoms with Crippen LogP contribution in [0.15, 0.2) is 264 Å². The lowest BCUT2D eigenvalue weighted by molar-refractivity contribution is 0.694. The quantitative estimate of drug-likeness (QED) is 0.0975. The first kappa shape index (κ1) is 97.1. The van der Waals surface area contributed by atoms with E-state index in [1.54, 1.807) is 30.9 Å². The highest BCUT2D eigenvalue weighted by molar-refractivity contribution is 9.10. The predicted octanol–water partition coefficient (Wildman–Crippen LogP) is 22.3. The van der Waals surface area contributed by atoms with E-state index in [-0.39, 0.29) is 40.7 Å². The molecule has 1 unspecified atom stereocenters. The summed E-state index contributed by atoms with van der Waals surface area (Å²) in [6.45, 7) is 40.6. The van der Waals surface area contributed by atoms with Crippen LogP contribution in [0, 0.1) is 54.7 Å². The standard InChI is InChI=1S/C24H22ClN5O.C22H19ClN6O.2C22H19N9.C18H16BrClN4/c1-14-10-23(31)26-12-20(14)17-4-9-21-22(11-17)29(19-7-5-18(25)6-8-19)13-15(2)24-28-27-16(3)30(21)24;1-13-12-28(17-6-4-16(23)5-7-17)20-9-15(18-10-25-21(30)11-24-18)3-8-19(20)29-14(2)26-27-22(13)29;1-13-12-30(16-6-4-15(24-3)5-7-16)19-8-17(18-9-27-21(23)11-26-18)25-10-20(19)31-14(2)28-29-22(13)31;1-13-12-30(16-6-4-15(24-3)5-7-16)22-19(31-14(2)28-29-21(13)31)9-8-17(27-22)18-10-26-20(23)11-25-18;1-11-10-23(15-6-4-14(20)5-7-15)17-9-13(19)3-8-16(17)24-12(2)21-22-18(11)24/h4-12,15H,13H2,1-3H3,(H,26,31);3-11,13H,12H2,1-2H3,(H,25,30);4-11,13H,12H2,1-2H3,(H2,23,27);4-11,13H,12H2,1-2H3,(H2,23,26);3-9,11H,10H2,1-2H3/t15-;3*13-;/m1111./s1. The smallest absolute Gasteiger partial charge is 0.266 e. The molecule has 5 aliphatic heterocycles. The number of nitrogens with one attached hydrogen (secondary N) is 2. The van der Waals surface area contributed by atoms with Gasteiger partial charge in [-0.3, -0.25) is 37.4 Å². The van der Waals surface area contributed by atoms with Crippen molar-refractivity contribution >= 4 is 131 Å². The van der Waals surface area contributed by atoms with Gasteiger partial charge in [0.2, 0.25) is 5.56 Å². The molecule has 19 aromatic rings. The van der Waals surface area contributed by atoms with Crippen molar-refractivity contribution in [3.05, 3.63) is 377 Å². The molecule has 6 N–H and O–H groups in total. The zero-order valence-electron chi connectivity index (χ0n) is 81.5. The summed E-state index contributed by atoms with van der Waals surface area (Å²) in [5.74, 6) is 11.1. The first-order valence-electron chi connectivity index (χ1n) is 47.3. The number of pyridine rings is 3. The highest BCUT2D eigenvalue weighted by atomic mass is 79.9. The number of aryl methyl sites for hydroxylation is 6. The van der Waals surface area contributed by atoms with Crippen LogP contribution in [0.1, 0.15) is 128 Å². The Bertz CT molecular complexity index is 8180. The minimum absolute atomic E-state index is 0.0996. The van der Waals surface area contributed by atoms with Crippen LogP contribution in [-0.4, -0.2) is 151 Å². The number of rotatable bonds is 9. The molecule has 0 saturated carbocycles. The summed E-state index contributed by atoms with van der Waals surface area (Å²) < 4.78 is 11.6. The highest BCUT2D eigenvalue weighted by Gasteiger charge is 2.37.